The van der Waals surface area contributed by atoms with Crippen molar-refractivity contribution in [3.05, 3.63) is 34.5 Å². The number of amides is 2. The van der Waals surface area contributed by atoms with E-state index in [4.69, 9.17) is 0 Å². The van der Waals surface area contributed by atoms with Crippen LogP contribution in [0.1, 0.15) is 19.3 Å². The summed E-state index contributed by atoms with van der Waals surface area (Å²) in [5.41, 5.74) is 0.646. The van der Waals surface area contributed by atoms with E-state index in [0.717, 1.165) is 5.39 Å². The van der Waals surface area contributed by atoms with E-state index in [2.05, 4.69) is 10.4 Å². The van der Waals surface area contributed by atoms with Gasteiger partial charge in [0.1, 0.15) is 0 Å². The summed E-state index contributed by atoms with van der Waals surface area (Å²) in [5, 5.41) is 18.6. The maximum Gasteiger partial charge on any atom is 0.271 e. The molecule has 1 fully saturated rings. The lowest BCUT2D eigenvalue weighted by Crippen LogP contribution is -2.42. The Morgan fingerprint density at radius 2 is 2.08 bits per heavy atom. The average molecular weight is 359 g/mol. The number of carbonyl (C=O) groups excluding carboxylic acids is 2. The highest BCUT2D eigenvalue weighted by Gasteiger charge is 2.26. The van der Waals surface area contributed by atoms with Crippen LogP contribution < -0.4 is 5.32 Å². The summed E-state index contributed by atoms with van der Waals surface area (Å²) in [4.78, 5) is 36.3. The highest BCUT2D eigenvalue weighted by Crippen LogP contribution is 2.21. The first-order valence-electron chi connectivity index (χ1n) is 8.59. The van der Waals surface area contributed by atoms with E-state index in [1.807, 2.05) is 0 Å². The highest BCUT2D eigenvalue weighted by molar-refractivity contribution is 5.82. The third-order valence-corrected chi connectivity index (χ3v) is 4.84. The number of aryl methyl sites for hydroxylation is 1. The van der Waals surface area contributed by atoms with Crippen LogP contribution in [-0.2, 0) is 16.1 Å². The molecule has 0 unspecified atom stereocenters. The number of nitro benzene ring substituents is 1. The summed E-state index contributed by atoms with van der Waals surface area (Å²) >= 11 is 0. The summed E-state index contributed by atoms with van der Waals surface area (Å²) < 4.78 is 1.62. The summed E-state index contributed by atoms with van der Waals surface area (Å²) in [5.74, 6) is 0.01000. The van der Waals surface area contributed by atoms with Crippen molar-refractivity contribution in [1.82, 2.24) is 20.0 Å². The second-order valence-corrected chi connectivity index (χ2v) is 6.39. The molecule has 2 amide bonds. The normalized spacial score (nSPS) is 15.2. The first-order chi connectivity index (χ1) is 12.5. The molecule has 1 aliphatic heterocycles. The Balaban J connectivity index is 1.60. The molecule has 1 aromatic heterocycles. The zero-order valence-corrected chi connectivity index (χ0v) is 14.6. The van der Waals surface area contributed by atoms with Crippen molar-refractivity contribution in [1.29, 1.82) is 0 Å². The van der Waals surface area contributed by atoms with Gasteiger partial charge in [-0.3, -0.25) is 24.4 Å². The SMILES string of the molecule is CNC(=O)C1CCN(C(=O)CCn2ncc3ccc([N+](=O)[O-])cc32)CC1. The van der Waals surface area contributed by atoms with Crippen molar-refractivity contribution in [2.75, 3.05) is 20.1 Å². The molecule has 138 valence electrons. The number of benzene rings is 1. The van der Waals surface area contributed by atoms with Crippen LogP contribution in [0.2, 0.25) is 0 Å². The van der Waals surface area contributed by atoms with Crippen LogP contribution in [0.4, 0.5) is 5.69 Å². The topological polar surface area (TPSA) is 110 Å². The number of nitrogens with one attached hydrogen (secondary N) is 1. The van der Waals surface area contributed by atoms with Crippen LogP contribution in [-0.4, -0.2) is 51.6 Å². The van der Waals surface area contributed by atoms with Crippen LogP contribution in [0.25, 0.3) is 10.9 Å². The molecule has 2 heterocycles. The zero-order valence-electron chi connectivity index (χ0n) is 14.6. The second-order valence-electron chi connectivity index (χ2n) is 6.39. The van der Waals surface area contributed by atoms with Gasteiger partial charge >= 0.3 is 0 Å². The van der Waals surface area contributed by atoms with Crippen molar-refractivity contribution in [2.24, 2.45) is 5.92 Å². The van der Waals surface area contributed by atoms with E-state index >= 15 is 0 Å². The Labute approximate surface area is 150 Å². The molecule has 26 heavy (non-hydrogen) atoms. The molecule has 2 aromatic rings. The number of likely N-dealkylation sites (tertiary alicyclic amines) is 1. The molecule has 9 heteroatoms. The fourth-order valence-electron chi connectivity index (χ4n) is 3.31. The van der Waals surface area contributed by atoms with Gasteiger partial charge in [0.25, 0.3) is 5.69 Å². The quantitative estimate of drug-likeness (QED) is 0.639. The van der Waals surface area contributed by atoms with Crippen LogP contribution in [0, 0.1) is 16.0 Å². The largest absolute Gasteiger partial charge is 0.359 e. The summed E-state index contributed by atoms with van der Waals surface area (Å²) in [6, 6.07) is 4.57. The van der Waals surface area contributed by atoms with E-state index in [0.29, 0.717) is 38.0 Å². The molecule has 9 nitrogen and oxygen atoms in total. The number of non-ortho nitro benzene ring substituents is 1. The second kappa shape index (κ2) is 7.51. The summed E-state index contributed by atoms with van der Waals surface area (Å²) in [7, 11) is 1.62. The van der Waals surface area contributed by atoms with Crippen molar-refractivity contribution >= 4 is 28.4 Å². The molecule has 0 aliphatic carbocycles. The minimum absolute atomic E-state index is 0.00171. The molecule has 3 rings (SSSR count). The smallest absolute Gasteiger partial charge is 0.271 e. The Kier molecular flexibility index (Phi) is 5.15. The van der Waals surface area contributed by atoms with Gasteiger partial charge in [-0.15, -0.1) is 0 Å². The summed E-state index contributed by atoms with van der Waals surface area (Å²) in [6.45, 7) is 1.50. The number of nitrogens with zero attached hydrogens (tertiary/aromatic N) is 4. The number of rotatable bonds is 5. The highest BCUT2D eigenvalue weighted by atomic mass is 16.6. The molecule has 0 radical (unpaired) electrons. The lowest BCUT2D eigenvalue weighted by molar-refractivity contribution is -0.384. The van der Waals surface area contributed by atoms with Crippen molar-refractivity contribution in [2.45, 2.75) is 25.8 Å². The van der Waals surface area contributed by atoms with Gasteiger partial charge in [-0.1, -0.05) is 0 Å². The fraction of sp³-hybridized carbons (Fsp3) is 0.471. The molecular weight excluding hydrogens is 338 g/mol. The minimum atomic E-state index is -0.446. The molecule has 0 atom stereocenters. The van der Waals surface area contributed by atoms with Gasteiger partial charge in [-0.25, -0.2) is 0 Å². The minimum Gasteiger partial charge on any atom is -0.359 e. The third-order valence-electron chi connectivity index (χ3n) is 4.84. The first-order valence-corrected chi connectivity index (χ1v) is 8.59. The van der Waals surface area contributed by atoms with Crippen molar-refractivity contribution in [3.63, 3.8) is 0 Å². The fourth-order valence-corrected chi connectivity index (χ4v) is 3.31. The lowest BCUT2D eigenvalue weighted by Gasteiger charge is -2.31. The van der Waals surface area contributed by atoms with Gasteiger partial charge in [0.2, 0.25) is 11.8 Å². The number of hydrogen-bond donors (Lipinski definition) is 1. The van der Waals surface area contributed by atoms with Gasteiger partial charge in [-0.2, -0.15) is 5.10 Å². The lowest BCUT2D eigenvalue weighted by atomic mass is 9.96. The number of nitro groups is 1. The molecule has 1 N–H and O–H groups in total. The summed E-state index contributed by atoms with van der Waals surface area (Å²) in [6.07, 6.45) is 3.24. The first kappa shape index (κ1) is 17.8. The van der Waals surface area contributed by atoms with Crippen LogP contribution >= 0.6 is 0 Å². The number of fused-ring (bicyclic) bond motifs is 1. The zero-order chi connectivity index (χ0) is 18.7. The average Bonchev–Trinajstić information content (AvgIpc) is 3.07. The Morgan fingerprint density at radius 3 is 2.73 bits per heavy atom. The van der Waals surface area contributed by atoms with Gasteiger partial charge in [0.05, 0.1) is 23.2 Å². The van der Waals surface area contributed by atoms with E-state index in [9.17, 15) is 19.7 Å². The van der Waals surface area contributed by atoms with Crippen molar-refractivity contribution in [3.8, 4) is 0 Å². The monoisotopic (exact) mass is 359 g/mol. The Bertz CT molecular complexity index is 839. The third kappa shape index (κ3) is 3.66. The van der Waals surface area contributed by atoms with Crippen LogP contribution in [0.15, 0.2) is 24.4 Å². The van der Waals surface area contributed by atoms with E-state index in [-0.39, 0.29) is 29.8 Å². The number of hydrogen-bond acceptors (Lipinski definition) is 5. The van der Waals surface area contributed by atoms with Gasteiger partial charge in [0, 0.05) is 50.0 Å². The molecular formula is C17H21N5O4. The van der Waals surface area contributed by atoms with Gasteiger partial charge < -0.3 is 10.2 Å². The van der Waals surface area contributed by atoms with Crippen molar-refractivity contribution < 1.29 is 14.5 Å². The number of aromatic nitrogens is 2. The van der Waals surface area contributed by atoms with Gasteiger partial charge in [0.15, 0.2) is 0 Å². The van der Waals surface area contributed by atoms with Gasteiger partial charge in [-0.05, 0) is 18.9 Å². The maximum absolute atomic E-state index is 12.4. The van der Waals surface area contributed by atoms with E-state index < -0.39 is 4.92 Å². The molecule has 1 aromatic carbocycles. The molecule has 0 saturated carbocycles. The number of carbonyl (C=O) groups is 2. The van der Waals surface area contributed by atoms with E-state index in [1.165, 1.54) is 12.1 Å². The van der Waals surface area contributed by atoms with Crippen LogP contribution in [0.3, 0.4) is 0 Å². The molecule has 0 spiro atoms. The predicted octanol–water partition coefficient (Wildman–Crippen LogP) is 1.32. The maximum atomic E-state index is 12.4. The molecule has 0 bridgehead atoms. The Hall–Kier alpha value is -2.97. The predicted molar refractivity (Wildman–Crippen MR) is 94.4 cm³/mol. The number of piperidine rings is 1. The standard InChI is InChI=1S/C17H21N5O4/c1-18-17(24)12-4-7-20(8-5-12)16(23)6-9-21-15-10-14(22(25)26)3-2-13(15)11-19-21/h2-3,10-12H,4-9H2,1H3,(H,18,24). The Morgan fingerprint density at radius 1 is 1.35 bits per heavy atom. The molecule has 1 saturated heterocycles. The molecule has 1 aliphatic rings. The van der Waals surface area contributed by atoms with E-state index in [1.54, 1.807) is 28.9 Å². The van der Waals surface area contributed by atoms with Crippen LogP contribution in [0.5, 0.6) is 0 Å².